The largest absolute Gasteiger partial charge is 0.489 e. The van der Waals surface area contributed by atoms with Crippen LogP contribution in [-0.4, -0.2) is 17.4 Å². The van der Waals surface area contributed by atoms with Crippen molar-refractivity contribution in [2.75, 3.05) is 12.5 Å². The molecule has 4 nitrogen and oxygen atoms in total. The first-order valence-electron chi connectivity index (χ1n) is 4.65. The summed E-state index contributed by atoms with van der Waals surface area (Å²) in [5, 5.41) is 10.6. The minimum Gasteiger partial charge on any atom is -0.489 e. The van der Waals surface area contributed by atoms with E-state index in [-0.39, 0.29) is 12.3 Å². The van der Waals surface area contributed by atoms with Gasteiger partial charge in [-0.1, -0.05) is 6.58 Å². The third-order valence-corrected chi connectivity index (χ3v) is 2.38. The van der Waals surface area contributed by atoms with Crippen LogP contribution in [0.1, 0.15) is 5.56 Å². The van der Waals surface area contributed by atoms with Crippen LogP contribution in [0.3, 0.4) is 0 Å². The standard InChI is InChI=1S/C11H12ClNO3/c1-8(6-12)7-16-11-5-10(13(14)15)4-3-9(11)2/h3-5H,1,6-7H2,2H3. The first-order chi connectivity index (χ1) is 7.54. The molecule has 0 heterocycles. The smallest absolute Gasteiger partial charge is 0.273 e. The number of halogens is 1. The third kappa shape index (κ3) is 3.24. The molecule has 5 heteroatoms. The fourth-order valence-corrected chi connectivity index (χ4v) is 1.15. The normalized spacial score (nSPS) is 9.88. The molecule has 0 radical (unpaired) electrons. The molecule has 0 N–H and O–H groups in total. The molecule has 0 amide bonds. The van der Waals surface area contributed by atoms with Gasteiger partial charge in [0, 0.05) is 11.9 Å². The molecule has 0 spiro atoms. The van der Waals surface area contributed by atoms with Gasteiger partial charge in [0.2, 0.25) is 0 Å². The highest BCUT2D eigenvalue weighted by molar-refractivity contribution is 6.19. The molecule has 0 aliphatic heterocycles. The van der Waals surface area contributed by atoms with Crippen LogP contribution < -0.4 is 4.74 Å². The Morgan fingerprint density at radius 3 is 2.88 bits per heavy atom. The van der Waals surface area contributed by atoms with E-state index >= 15 is 0 Å². The van der Waals surface area contributed by atoms with Crippen molar-refractivity contribution >= 4 is 17.3 Å². The van der Waals surface area contributed by atoms with Crippen molar-refractivity contribution in [3.8, 4) is 5.75 Å². The van der Waals surface area contributed by atoms with Gasteiger partial charge >= 0.3 is 0 Å². The average molecular weight is 242 g/mol. The molecule has 0 aliphatic carbocycles. The van der Waals surface area contributed by atoms with Crippen LogP contribution in [0.25, 0.3) is 0 Å². The summed E-state index contributed by atoms with van der Waals surface area (Å²) < 4.78 is 5.39. The minimum absolute atomic E-state index is 0.0112. The van der Waals surface area contributed by atoms with Crippen LogP contribution in [0, 0.1) is 17.0 Å². The van der Waals surface area contributed by atoms with E-state index in [1.807, 2.05) is 6.92 Å². The lowest BCUT2D eigenvalue weighted by Gasteiger charge is -2.09. The van der Waals surface area contributed by atoms with Crippen LogP contribution in [0.5, 0.6) is 5.75 Å². The summed E-state index contributed by atoms with van der Waals surface area (Å²) in [7, 11) is 0. The number of hydrogen-bond acceptors (Lipinski definition) is 3. The number of nitro groups is 1. The zero-order valence-corrected chi connectivity index (χ0v) is 9.66. The fraction of sp³-hybridized carbons (Fsp3) is 0.273. The van der Waals surface area contributed by atoms with E-state index in [9.17, 15) is 10.1 Å². The maximum Gasteiger partial charge on any atom is 0.273 e. The molecule has 0 unspecified atom stereocenters. The molecular weight excluding hydrogens is 230 g/mol. The summed E-state index contributed by atoms with van der Waals surface area (Å²) >= 11 is 5.55. The number of hydrogen-bond donors (Lipinski definition) is 0. The monoisotopic (exact) mass is 241 g/mol. The summed E-state index contributed by atoms with van der Waals surface area (Å²) in [5.74, 6) is 0.800. The maximum atomic E-state index is 10.6. The number of benzene rings is 1. The lowest BCUT2D eigenvalue weighted by molar-refractivity contribution is -0.384. The number of ether oxygens (including phenoxy) is 1. The van der Waals surface area contributed by atoms with Gasteiger partial charge in [-0.05, 0) is 24.1 Å². The van der Waals surface area contributed by atoms with Gasteiger partial charge in [0.25, 0.3) is 5.69 Å². The van der Waals surface area contributed by atoms with Crippen LogP contribution in [-0.2, 0) is 0 Å². The topological polar surface area (TPSA) is 52.4 Å². The summed E-state index contributed by atoms with van der Waals surface area (Å²) in [5.41, 5.74) is 1.58. The Kier molecular flexibility index (Phi) is 4.31. The maximum absolute atomic E-state index is 10.6. The van der Waals surface area contributed by atoms with Crippen molar-refractivity contribution in [3.05, 3.63) is 46.0 Å². The van der Waals surface area contributed by atoms with Gasteiger partial charge in [0.05, 0.1) is 11.0 Å². The lowest BCUT2D eigenvalue weighted by atomic mass is 10.2. The van der Waals surface area contributed by atoms with E-state index < -0.39 is 4.92 Å². The second-order valence-electron chi connectivity index (χ2n) is 3.38. The Labute approximate surface area is 98.6 Å². The highest BCUT2D eigenvalue weighted by Crippen LogP contribution is 2.24. The van der Waals surface area contributed by atoms with E-state index in [4.69, 9.17) is 16.3 Å². The zero-order valence-electron chi connectivity index (χ0n) is 8.90. The quantitative estimate of drug-likeness (QED) is 0.345. The number of nitrogens with zero attached hydrogens (tertiary/aromatic N) is 1. The van der Waals surface area contributed by atoms with E-state index in [2.05, 4.69) is 6.58 Å². The molecule has 16 heavy (non-hydrogen) atoms. The molecule has 86 valence electrons. The Hall–Kier alpha value is -1.55. The third-order valence-electron chi connectivity index (χ3n) is 2.00. The van der Waals surface area contributed by atoms with E-state index in [0.717, 1.165) is 11.1 Å². The van der Waals surface area contributed by atoms with Gasteiger partial charge < -0.3 is 4.74 Å². The fourth-order valence-electron chi connectivity index (χ4n) is 1.08. The highest BCUT2D eigenvalue weighted by Gasteiger charge is 2.09. The van der Waals surface area contributed by atoms with Crippen molar-refractivity contribution in [1.29, 1.82) is 0 Å². The Balaban J connectivity index is 2.82. The number of nitro benzene ring substituents is 1. The van der Waals surface area contributed by atoms with E-state index in [1.165, 1.54) is 12.1 Å². The average Bonchev–Trinajstić information content (AvgIpc) is 2.27. The molecular formula is C11H12ClNO3. The van der Waals surface area contributed by atoms with Gasteiger partial charge in [-0.3, -0.25) is 10.1 Å². The van der Waals surface area contributed by atoms with Crippen molar-refractivity contribution in [1.82, 2.24) is 0 Å². The Morgan fingerprint density at radius 1 is 1.62 bits per heavy atom. The van der Waals surface area contributed by atoms with Crippen molar-refractivity contribution in [3.63, 3.8) is 0 Å². The Morgan fingerprint density at radius 2 is 2.31 bits per heavy atom. The van der Waals surface area contributed by atoms with Gasteiger partial charge in [-0.25, -0.2) is 0 Å². The molecule has 0 fully saturated rings. The van der Waals surface area contributed by atoms with Crippen molar-refractivity contribution in [2.24, 2.45) is 0 Å². The Bertz CT molecular complexity index is 418. The highest BCUT2D eigenvalue weighted by atomic mass is 35.5. The predicted molar refractivity (Wildman–Crippen MR) is 63.2 cm³/mol. The molecule has 0 atom stereocenters. The first-order valence-corrected chi connectivity index (χ1v) is 5.18. The summed E-state index contributed by atoms with van der Waals surface area (Å²) in [4.78, 5) is 10.1. The molecule has 0 bridgehead atoms. The SMILES string of the molecule is C=C(CCl)COc1cc([N+](=O)[O-])ccc1C. The predicted octanol–water partition coefficient (Wildman–Crippen LogP) is 3.08. The molecule has 1 aromatic carbocycles. The molecule has 1 rings (SSSR count). The minimum atomic E-state index is -0.456. The molecule has 0 saturated heterocycles. The number of non-ortho nitro benzene ring substituents is 1. The van der Waals surface area contributed by atoms with Gasteiger partial charge in [0.1, 0.15) is 12.4 Å². The summed E-state index contributed by atoms with van der Waals surface area (Å²) in [6.45, 7) is 5.78. The van der Waals surface area contributed by atoms with Crippen LogP contribution in [0.4, 0.5) is 5.69 Å². The first kappa shape index (κ1) is 12.5. The second kappa shape index (κ2) is 5.51. The van der Waals surface area contributed by atoms with Gasteiger partial charge in [-0.2, -0.15) is 0 Å². The van der Waals surface area contributed by atoms with E-state index in [1.54, 1.807) is 6.07 Å². The number of aryl methyl sites for hydroxylation is 1. The van der Waals surface area contributed by atoms with Crippen LogP contribution in [0.15, 0.2) is 30.4 Å². The number of rotatable bonds is 5. The van der Waals surface area contributed by atoms with E-state index in [0.29, 0.717) is 11.6 Å². The molecule has 0 aromatic heterocycles. The summed E-state index contributed by atoms with van der Waals surface area (Å²) in [6.07, 6.45) is 0. The number of alkyl halides is 1. The second-order valence-corrected chi connectivity index (χ2v) is 3.65. The van der Waals surface area contributed by atoms with Crippen LogP contribution in [0.2, 0.25) is 0 Å². The van der Waals surface area contributed by atoms with Crippen molar-refractivity contribution < 1.29 is 9.66 Å². The molecule has 0 saturated carbocycles. The summed E-state index contributed by atoms with van der Waals surface area (Å²) in [6, 6.07) is 4.49. The molecule has 1 aromatic rings. The van der Waals surface area contributed by atoms with Gasteiger partial charge in [-0.15, -0.1) is 11.6 Å². The zero-order chi connectivity index (χ0) is 12.1. The lowest BCUT2D eigenvalue weighted by Crippen LogP contribution is -2.02. The van der Waals surface area contributed by atoms with Gasteiger partial charge in [0.15, 0.2) is 0 Å². The van der Waals surface area contributed by atoms with Crippen LogP contribution >= 0.6 is 11.6 Å². The molecule has 0 aliphatic rings. The van der Waals surface area contributed by atoms with Crippen molar-refractivity contribution in [2.45, 2.75) is 6.92 Å².